The number of aliphatic hydroxyl groups excluding tert-OH is 1. The summed E-state index contributed by atoms with van der Waals surface area (Å²) in [5.41, 5.74) is 5.63. The van der Waals surface area contributed by atoms with E-state index < -0.39 is 5.79 Å². The third-order valence-corrected chi connectivity index (χ3v) is 4.47. The van der Waals surface area contributed by atoms with Gasteiger partial charge >= 0.3 is 0 Å². The average Bonchev–Trinajstić information content (AvgIpc) is 2.97. The maximum Gasteiger partial charge on any atom is 0.239 e. The number of nitrogens with one attached hydrogen (secondary N) is 2. The highest BCUT2D eigenvalue weighted by atomic mass is 16.7. The first-order valence-electron chi connectivity index (χ1n) is 7.22. The summed E-state index contributed by atoms with van der Waals surface area (Å²) in [6, 6.07) is -0.110. The van der Waals surface area contributed by atoms with Gasteiger partial charge in [0.05, 0.1) is 18.6 Å². The first-order chi connectivity index (χ1) is 9.24. The largest absolute Gasteiger partial charge is 0.396 e. The predicted octanol–water partition coefficient (Wildman–Crippen LogP) is 0.0638. The minimum Gasteiger partial charge on any atom is -0.396 e. The van der Waals surface area contributed by atoms with Gasteiger partial charge in [0, 0.05) is 19.4 Å². The van der Waals surface area contributed by atoms with E-state index >= 15 is 0 Å². The van der Waals surface area contributed by atoms with Crippen LogP contribution in [0.25, 0.3) is 0 Å². The number of hydrogen-bond acceptors (Lipinski definition) is 5. The van der Waals surface area contributed by atoms with Gasteiger partial charge in [-0.15, -0.1) is 0 Å². The normalized spacial score (nSPS) is 37.7. The van der Waals surface area contributed by atoms with Gasteiger partial charge in [0.25, 0.3) is 0 Å². The summed E-state index contributed by atoms with van der Waals surface area (Å²) in [6.45, 7) is 0.531. The molecule has 1 aliphatic carbocycles. The van der Waals surface area contributed by atoms with Gasteiger partial charge in [-0.2, -0.15) is 0 Å². The number of amides is 1. The van der Waals surface area contributed by atoms with Crippen molar-refractivity contribution in [2.75, 3.05) is 13.2 Å². The highest BCUT2D eigenvalue weighted by Crippen LogP contribution is 2.39. The molecule has 3 atom stereocenters. The van der Waals surface area contributed by atoms with Gasteiger partial charge in [-0.1, -0.05) is 6.42 Å². The SMILES string of the molecule is O=C1NN[C@@H]([C@H]2COC3(CCCCC3)O2)C1CCO. The maximum absolute atomic E-state index is 11.7. The summed E-state index contributed by atoms with van der Waals surface area (Å²) in [7, 11) is 0. The molecule has 0 bridgehead atoms. The number of ether oxygens (including phenoxy) is 2. The van der Waals surface area contributed by atoms with Gasteiger partial charge in [-0.25, -0.2) is 5.43 Å². The van der Waals surface area contributed by atoms with Gasteiger partial charge in [-0.3, -0.25) is 10.2 Å². The van der Waals surface area contributed by atoms with Crippen LogP contribution in [0.3, 0.4) is 0 Å². The van der Waals surface area contributed by atoms with Crippen molar-refractivity contribution in [1.29, 1.82) is 0 Å². The smallest absolute Gasteiger partial charge is 0.239 e. The fourth-order valence-corrected chi connectivity index (χ4v) is 3.42. The monoisotopic (exact) mass is 270 g/mol. The van der Waals surface area contributed by atoms with Crippen LogP contribution < -0.4 is 10.9 Å². The zero-order chi connectivity index (χ0) is 13.3. The summed E-state index contributed by atoms with van der Waals surface area (Å²) in [6.07, 6.45) is 5.76. The number of hydrazine groups is 1. The molecule has 19 heavy (non-hydrogen) atoms. The molecule has 2 aliphatic heterocycles. The lowest BCUT2D eigenvalue weighted by atomic mass is 9.93. The first-order valence-corrected chi connectivity index (χ1v) is 7.22. The molecule has 1 saturated carbocycles. The van der Waals surface area contributed by atoms with Crippen molar-refractivity contribution in [3.05, 3.63) is 0 Å². The van der Waals surface area contributed by atoms with Crippen LogP contribution in [0.4, 0.5) is 0 Å². The van der Waals surface area contributed by atoms with Crippen LogP contribution in [0.2, 0.25) is 0 Å². The van der Waals surface area contributed by atoms with E-state index in [0.29, 0.717) is 13.0 Å². The minimum atomic E-state index is -0.417. The lowest BCUT2D eigenvalue weighted by molar-refractivity contribution is -0.190. The molecule has 3 aliphatic rings. The van der Waals surface area contributed by atoms with Crippen molar-refractivity contribution in [2.45, 2.75) is 56.5 Å². The van der Waals surface area contributed by atoms with Crippen molar-refractivity contribution in [1.82, 2.24) is 10.9 Å². The Morgan fingerprint density at radius 3 is 2.84 bits per heavy atom. The van der Waals surface area contributed by atoms with Crippen LogP contribution in [-0.2, 0) is 14.3 Å². The molecule has 1 unspecified atom stereocenters. The van der Waals surface area contributed by atoms with E-state index in [9.17, 15) is 4.79 Å². The van der Waals surface area contributed by atoms with Crippen LogP contribution in [0.15, 0.2) is 0 Å². The number of aliphatic hydroxyl groups is 1. The van der Waals surface area contributed by atoms with Crippen molar-refractivity contribution in [3.63, 3.8) is 0 Å². The van der Waals surface area contributed by atoms with Crippen molar-refractivity contribution in [2.24, 2.45) is 5.92 Å². The van der Waals surface area contributed by atoms with E-state index in [1.54, 1.807) is 0 Å². The van der Waals surface area contributed by atoms with E-state index in [1.165, 1.54) is 6.42 Å². The molecule has 0 radical (unpaired) electrons. The summed E-state index contributed by atoms with van der Waals surface area (Å²) >= 11 is 0. The molecule has 0 aromatic heterocycles. The Labute approximate surface area is 112 Å². The summed E-state index contributed by atoms with van der Waals surface area (Å²) in [5, 5.41) is 9.07. The van der Waals surface area contributed by atoms with Gasteiger partial charge in [0.15, 0.2) is 5.79 Å². The van der Waals surface area contributed by atoms with E-state index in [4.69, 9.17) is 14.6 Å². The number of hydrogen-bond donors (Lipinski definition) is 3. The lowest BCUT2D eigenvalue weighted by Gasteiger charge is -2.32. The first kappa shape index (κ1) is 13.3. The third-order valence-electron chi connectivity index (χ3n) is 4.47. The predicted molar refractivity (Wildman–Crippen MR) is 66.9 cm³/mol. The zero-order valence-corrected chi connectivity index (χ0v) is 11.1. The molecule has 2 heterocycles. The Hall–Kier alpha value is -0.690. The summed E-state index contributed by atoms with van der Waals surface area (Å²) in [5.74, 6) is -0.718. The van der Waals surface area contributed by atoms with Crippen LogP contribution in [0.5, 0.6) is 0 Å². The second kappa shape index (κ2) is 5.36. The number of carbonyl (C=O) groups excluding carboxylic acids is 1. The molecule has 3 rings (SSSR count). The Bertz CT molecular complexity index is 344. The maximum atomic E-state index is 11.7. The topological polar surface area (TPSA) is 79.8 Å². The molecule has 0 aromatic rings. The van der Waals surface area contributed by atoms with Crippen molar-refractivity contribution >= 4 is 5.91 Å². The fraction of sp³-hybridized carbons (Fsp3) is 0.923. The van der Waals surface area contributed by atoms with E-state index in [-0.39, 0.29) is 30.6 Å². The van der Waals surface area contributed by atoms with Crippen LogP contribution >= 0.6 is 0 Å². The fourth-order valence-electron chi connectivity index (χ4n) is 3.42. The Morgan fingerprint density at radius 2 is 2.11 bits per heavy atom. The molecule has 108 valence electrons. The molecule has 3 fully saturated rings. The Morgan fingerprint density at radius 1 is 1.32 bits per heavy atom. The summed E-state index contributed by atoms with van der Waals surface area (Å²) < 4.78 is 12.0. The molecular formula is C13H22N2O4. The molecule has 1 spiro atoms. The van der Waals surface area contributed by atoms with Crippen LogP contribution in [-0.4, -0.2) is 42.2 Å². The van der Waals surface area contributed by atoms with Gasteiger partial charge in [-0.05, 0) is 19.3 Å². The van der Waals surface area contributed by atoms with E-state index in [0.717, 1.165) is 25.7 Å². The highest BCUT2D eigenvalue weighted by molar-refractivity contribution is 5.81. The van der Waals surface area contributed by atoms with Crippen LogP contribution in [0.1, 0.15) is 38.5 Å². The number of rotatable bonds is 3. The average molecular weight is 270 g/mol. The molecule has 6 heteroatoms. The lowest BCUT2D eigenvalue weighted by Crippen LogP contribution is -2.44. The molecule has 1 amide bonds. The Balaban J connectivity index is 1.65. The van der Waals surface area contributed by atoms with E-state index in [2.05, 4.69) is 10.9 Å². The van der Waals surface area contributed by atoms with Crippen molar-refractivity contribution in [3.8, 4) is 0 Å². The number of carbonyl (C=O) groups is 1. The third kappa shape index (κ3) is 2.50. The second-order valence-corrected chi connectivity index (χ2v) is 5.72. The zero-order valence-electron chi connectivity index (χ0n) is 11.1. The molecular weight excluding hydrogens is 248 g/mol. The van der Waals surface area contributed by atoms with Gasteiger partial charge < -0.3 is 14.6 Å². The van der Waals surface area contributed by atoms with Crippen molar-refractivity contribution < 1.29 is 19.4 Å². The summed E-state index contributed by atoms with van der Waals surface area (Å²) in [4.78, 5) is 11.7. The highest BCUT2D eigenvalue weighted by Gasteiger charge is 2.49. The molecule has 2 saturated heterocycles. The van der Waals surface area contributed by atoms with Gasteiger partial charge in [0.2, 0.25) is 5.91 Å². The molecule has 0 aromatic carbocycles. The second-order valence-electron chi connectivity index (χ2n) is 5.72. The van der Waals surface area contributed by atoms with Crippen LogP contribution in [0, 0.1) is 5.92 Å². The quantitative estimate of drug-likeness (QED) is 0.676. The Kier molecular flexibility index (Phi) is 3.75. The standard InChI is InChI=1S/C13H22N2O4/c16-7-4-9-11(14-15-12(9)17)10-8-18-13(19-10)5-2-1-3-6-13/h9-11,14,16H,1-8H2,(H,15,17)/t9?,10-,11-/m1/s1. The molecule has 3 N–H and O–H groups in total. The minimum absolute atomic E-state index is 0.00892. The molecule has 6 nitrogen and oxygen atoms in total. The van der Waals surface area contributed by atoms with Gasteiger partial charge in [0.1, 0.15) is 6.10 Å². The van der Waals surface area contributed by atoms with E-state index in [1.807, 2.05) is 0 Å².